The van der Waals surface area contributed by atoms with Crippen LogP contribution in [0.2, 0.25) is 0 Å². The van der Waals surface area contributed by atoms with Gasteiger partial charge in [-0.05, 0) is 30.3 Å². The van der Waals surface area contributed by atoms with Crippen molar-refractivity contribution >= 4 is 28.4 Å². The topological polar surface area (TPSA) is 106 Å². The van der Waals surface area contributed by atoms with Crippen molar-refractivity contribution in [1.29, 1.82) is 0 Å². The molecule has 0 aliphatic carbocycles. The number of H-pyrrole nitrogens is 1. The fourth-order valence-electron chi connectivity index (χ4n) is 2.50. The highest BCUT2D eigenvalue weighted by Crippen LogP contribution is 2.26. The number of para-hydroxylation sites is 2. The number of ether oxygens (including phenoxy) is 2. The summed E-state index contributed by atoms with van der Waals surface area (Å²) in [6.45, 7) is 0.147. The molecular weight excluding hydrogens is 334 g/mol. The predicted octanol–water partition coefficient (Wildman–Crippen LogP) is 2.68. The molecule has 0 bridgehead atoms. The number of aromatic amines is 1. The van der Waals surface area contributed by atoms with Gasteiger partial charge in [-0.1, -0.05) is 12.1 Å². The Morgan fingerprint density at radius 3 is 2.73 bits per heavy atom. The Hall–Kier alpha value is -3.48. The lowest BCUT2D eigenvalue weighted by molar-refractivity contribution is -0.118. The van der Waals surface area contributed by atoms with Crippen molar-refractivity contribution in [1.82, 2.24) is 4.98 Å². The Kier molecular flexibility index (Phi) is 5.07. The molecule has 0 saturated heterocycles. The van der Waals surface area contributed by atoms with Crippen LogP contribution in [0.5, 0.6) is 11.5 Å². The van der Waals surface area contributed by atoms with Crippen LogP contribution in [-0.4, -0.2) is 30.5 Å². The molecule has 0 radical (unpaired) electrons. The molecule has 0 fully saturated rings. The molecule has 0 unspecified atom stereocenters. The van der Waals surface area contributed by atoms with Crippen molar-refractivity contribution in [2.24, 2.45) is 5.73 Å². The number of amides is 2. The second-order valence-corrected chi connectivity index (χ2v) is 5.65. The second-order valence-electron chi connectivity index (χ2n) is 5.65. The minimum atomic E-state index is -0.444. The Bertz CT molecular complexity index is 949. The molecule has 26 heavy (non-hydrogen) atoms. The smallest absolute Gasteiger partial charge is 0.272 e. The SMILES string of the molecule is COc1ccc2cc(C(=O)Nc3ccccc3OCCC(N)=O)[nH]c2c1. The molecule has 7 nitrogen and oxygen atoms in total. The standard InChI is InChI=1S/C19H19N3O4/c1-25-13-7-6-12-10-16(21-15(12)11-13)19(24)22-14-4-2-3-5-17(14)26-9-8-18(20)23/h2-7,10-11,21H,8-9H2,1H3,(H2,20,23)(H,22,24). The van der Waals surface area contributed by atoms with Crippen molar-refractivity contribution < 1.29 is 19.1 Å². The summed E-state index contributed by atoms with van der Waals surface area (Å²) in [6, 6.07) is 14.3. The third kappa shape index (κ3) is 3.94. The van der Waals surface area contributed by atoms with Gasteiger partial charge in [0.15, 0.2) is 0 Å². The lowest BCUT2D eigenvalue weighted by atomic mass is 10.2. The van der Waals surface area contributed by atoms with Crippen LogP contribution in [0.1, 0.15) is 16.9 Å². The zero-order valence-electron chi connectivity index (χ0n) is 14.2. The van der Waals surface area contributed by atoms with E-state index in [-0.39, 0.29) is 18.9 Å². The van der Waals surface area contributed by atoms with E-state index in [9.17, 15) is 9.59 Å². The van der Waals surface area contributed by atoms with E-state index in [1.54, 1.807) is 37.4 Å². The van der Waals surface area contributed by atoms with E-state index in [0.717, 1.165) is 10.9 Å². The van der Waals surface area contributed by atoms with E-state index >= 15 is 0 Å². The van der Waals surface area contributed by atoms with E-state index in [4.69, 9.17) is 15.2 Å². The molecule has 4 N–H and O–H groups in total. The van der Waals surface area contributed by atoms with E-state index in [0.29, 0.717) is 22.9 Å². The monoisotopic (exact) mass is 353 g/mol. The molecule has 2 aromatic carbocycles. The average Bonchev–Trinajstić information content (AvgIpc) is 3.06. The highest BCUT2D eigenvalue weighted by Gasteiger charge is 2.13. The normalized spacial score (nSPS) is 10.5. The largest absolute Gasteiger partial charge is 0.497 e. The van der Waals surface area contributed by atoms with Crippen molar-refractivity contribution in [2.45, 2.75) is 6.42 Å². The van der Waals surface area contributed by atoms with Crippen LogP contribution >= 0.6 is 0 Å². The number of hydrogen-bond acceptors (Lipinski definition) is 4. The summed E-state index contributed by atoms with van der Waals surface area (Å²) < 4.78 is 10.7. The highest BCUT2D eigenvalue weighted by molar-refractivity contribution is 6.06. The van der Waals surface area contributed by atoms with Gasteiger partial charge in [-0.3, -0.25) is 9.59 Å². The summed E-state index contributed by atoms with van der Waals surface area (Å²) in [5.41, 5.74) is 6.84. The van der Waals surface area contributed by atoms with E-state index in [2.05, 4.69) is 10.3 Å². The van der Waals surface area contributed by atoms with E-state index in [1.807, 2.05) is 18.2 Å². The minimum absolute atomic E-state index is 0.103. The number of nitrogens with two attached hydrogens (primary N) is 1. The molecule has 0 atom stereocenters. The van der Waals surface area contributed by atoms with Crippen LogP contribution in [0.25, 0.3) is 10.9 Å². The zero-order chi connectivity index (χ0) is 18.5. The first-order chi connectivity index (χ1) is 12.6. The fourth-order valence-corrected chi connectivity index (χ4v) is 2.50. The van der Waals surface area contributed by atoms with Crippen LogP contribution in [0.15, 0.2) is 48.5 Å². The first kappa shape index (κ1) is 17.3. The maximum absolute atomic E-state index is 12.6. The predicted molar refractivity (Wildman–Crippen MR) is 98.6 cm³/mol. The number of fused-ring (bicyclic) bond motifs is 1. The number of primary amides is 1. The molecule has 2 amide bonds. The summed E-state index contributed by atoms with van der Waals surface area (Å²) >= 11 is 0. The fraction of sp³-hybridized carbons (Fsp3) is 0.158. The van der Waals surface area contributed by atoms with Crippen molar-refractivity contribution in [3.05, 3.63) is 54.2 Å². The molecule has 0 saturated carbocycles. The summed E-state index contributed by atoms with van der Waals surface area (Å²) in [4.78, 5) is 26.5. The first-order valence-electron chi connectivity index (χ1n) is 8.05. The molecule has 134 valence electrons. The molecule has 3 aromatic rings. The number of hydrogen-bond donors (Lipinski definition) is 3. The molecule has 0 spiro atoms. The van der Waals surface area contributed by atoms with Gasteiger partial charge in [0, 0.05) is 17.0 Å². The molecule has 1 heterocycles. The van der Waals surface area contributed by atoms with Crippen LogP contribution in [0.3, 0.4) is 0 Å². The van der Waals surface area contributed by atoms with Crippen molar-refractivity contribution in [3.63, 3.8) is 0 Å². The average molecular weight is 353 g/mol. The summed E-state index contributed by atoms with van der Waals surface area (Å²) in [5, 5.41) is 3.72. The van der Waals surface area contributed by atoms with Crippen LogP contribution in [0, 0.1) is 0 Å². The van der Waals surface area contributed by atoms with Crippen molar-refractivity contribution in [3.8, 4) is 11.5 Å². The number of carbonyl (C=O) groups excluding carboxylic acids is 2. The number of benzene rings is 2. The van der Waals surface area contributed by atoms with Gasteiger partial charge in [0.25, 0.3) is 5.91 Å². The van der Waals surface area contributed by atoms with Crippen LogP contribution in [-0.2, 0) is 4.79 Å². The van der Waals surface area contributed by atoms with Gasteiger partial charge in [-0.2, -0.15) is 0 Å². The Balaban J connectivity index is 1.76. The molecule has 3 rings (SSSR count). The lowest BCUT2D eigenvalue weighted by Crippen LogP contribution is -2.16. The number of methoxy groups -OCH3 is 1. The first-order valence-corrected chi connectivity index (χ1v) is 8.05. The Morgan fingerprint density at radius 1 is 1.15 bits per heavy atom. The van der Waals surface area contributed by atoms with Gasteiger partial charge in [0.2, 0.25) is 5.91 Å². The molecule has 1 aromatic heterocycles. The Morgan fingerprint density at radius 2 is 1.96 bits per heavy atom. The molecular formula is C19H19N3O4. The zero-order valence-corrected chi connectivity index (χ0v) is 14.2. The quantitative estimate of drug-likeness (QED) is 0.607. The number of rotatable bonds is 7. The number of carbonyl (C=O) groups is 2. The highest BCUT2D eigenvalue weighted by atomic mass is 16.5. The van der Waals surface area contributed by atoms with Gasteiger partial charge >= 0.3 is 0 Å². The summed E-state index contributed by atoms with van der Waals surface area (Å²) in [5.74, 6) is 0.436. The molecule has 0 aliphatic rings. The van der Waals surface area contributed by atoms with Gasteiger partial charge in [-0.25, -0.2) is 0 Å². The number of anilines is 1. The van der Waals surface area contributed by atoms with Gasteiger partial charge in [0.1, 0.15) is 17.2 Å². The summed E-state index contributed by atoms with van der Waals surface area (Å²) in [7, 11) is 1.59. The van der Waals surface area contributed by atoms with Crippen molar-refractivity contribution in [2.75, 3.05) is 19.0 Å². The molecule has 7 heteroatoms. The second kappa shape index (κ2) is 7.60. The number of aromatic nitrogens is 1. The van der Waals surface area contributed by atoms with E-state index < -0.39 is 5.91 Å². The van der Waals surface area contributed by atoms with Gasteiger partial charge in [0.05, 0.1) is 25.8 Å². The maximum atomic E-state index is 12.6. The Labute approximate surface area is 150 Å². The van der Waals surface area contributed by atoms with Gasteiger partial charge in [-0.15, -0.1) is 0 Å². The van der Waals surface area contributed by atoms with Gasteiger partial charge < -0.3 is 25.5 Å². The van der Waals surface area contributed by atoms with Crippen LogP contribution < -0.4 is 20.5 Å². The summed E-state index contributed by atoms with van der Waals surface area (Å²) in [6.07, 6.45) is 0.103. The minimum Gasteiger partial charge on any atom is -0.497 e. The van der Waals surface area contributed by atoms with Crippen LogP contribution in [0.4, 0.5) is 5.69 Å². The number of nitrogens with one attached hydrogen (secondary N) is 2. The molecule has 0 aliphatic heterocycles. The third-order valence-corrected chi connectivity index (χ3v) is 3.82. The van der Waals surface area contributed by atoms with E-state index in [1.165, 1.54) is 0 Å². The lowest BCUT2D eigenvalue weighted by Gasteiger charge is -2.11. The third-order valence-electron chi connectivity index (χ3n) is 3.82. The maximum Gasteiger partial charge on any atom is 0.272 e.